The molecule has 24 heavy (non-hydrogen) atoms. The van der Waals surface area contributed by atoms with Gasteiger partial charge < -0.3 is 15.4 Å². The van der Waals surface area contributed by atoms with E-state index in [9.17, 15) is 18.4 Å². The van der Waals surface area contributed by atoms with Crippen molar-refractivity contribution < 1.29 is 23.1 Å². The molecule has 0 spiro atoms. The molecule has 0 bridgehead atoms. The summed E-state index contributed by atoms with van der Waals surface area (Å²) in [6.07, 6.45) is 0. The number of hydrogen-bond acceptors (Lipinski definition) is 4. The van der Waals surface area contributed by atoms with Crippen LogP contribution in [0.1, 0.15) is 10.4 Å². The molecule has 0 saturated carbocycles. The van der Waals surface area contributed by atoms with Crippen LogP contribution in [0.5, 0.6) is 0 Å². The molecule has 126 valence electrons. The van der Waals surface area contributed by atoms with Gasteiger partial charge in [-0.15, -0.1) is 0 Å². The number of rotatable bonds is 5. The first-order valence-corrected chi connectivity index (χ1v) is 7.15. The van der Waals surface area contributed by atoms with Gasteiger partial charge in [-0.2, -0.15) is 0 Å². The van der Waals surface area contributed by atoms with Crippen molar-refractivity contribution in [3.63, 3.8) is 0 Å². The molecule has 5 nitrogen and oxygen atoms in total. The van der Waals surface area contributed by atoms with Gasteiger partial charge in [-0.25, -0.2) is 13.6 Å². The van der Waals surface area contributed by atoms with Crippen LogP contribution >= 0.6 is 11.6 Å². The monoisotopic (exact) mass is 354 g/mol. The quantitative estimate of drug-likeness (QED) is 0.807. The molecular formula is C16H13ClF2N2O3. The number of esters is 1. The number of methoxy groups -OCH3 is 1. The lowest BCUT2D eigenvalue weighted by molar-refractivity contribution is -0.114. The number of ether oxygens (including phenoxy) is 1. The maximum absolute atomic E-state index is 13.5. The zero-order chi connectivity index (χ0) is 17.7. The first-order chi connectivity index (χ1) is 11.4. The molecule has 2 rings (SSSR count). The molecule has 0 aliphatic heterocycles. The van der Waals surface area contributed by atoms with E-state index in [0.717, 1.165) is 12.1 Å². The topological polar surface area (TPSA) is 67.4 Å². The van der Waals surface area contributed by atoms with Gasteiger partial charge in [-0.1, -0.05) is 17.7 Å². The van der Waals surface area contributed by atoms with Gasteiger partial charge in [0.25, 0.3) is 0 Å². The minimum atomic E-state index is -0.880. The molecule has 2 N–H and O–H groups in total. The predicted molar refractivity (Wildman–Crippen MR) is 86.3 cm³/mol. The average Bonchev–Trinajstić information content (AvgIpc) is 2.57. The standard InChI is InChI=1S/C16H13ClF2N2O3/c1-24-16(23)9-5-6-10(17)13(7-9)20-8-14(22)21-15-11(18)3-2-4-12(15)19/h2-7,20H,8H2,1H3,(H,21,22). The molecule has 0 atom stereocenters. The van der Waals surface area contributed by atoms with Gasteiger partial charge in [-0.05, 0) is 30.3 Å². The largest absolute Gasteiger partial charge is 0.465 e. The van der Waals surface area contributed by atoms with Crippen molar-refractivity contribution in [2.45, 2.75) is 0 Å². The minimum Gasteiger partial charge on any atom is -0.465 e. The van der Waals surface area contributed by atoms with Crippen LogP contribution in [0, 0.1) is 11.6 Å². The van der Waals surface area contributed by atoms with Gasteiger partial charge in [0.05, 0.1) is 29.9 Å². The number of hydrogen-bond donors (Lipinski definition) is 2. The molecule has 0 radical (unpaired) electrons. The van der Waals surface area contributed by atoms with Crippen molar-refractivity contribution in [1.82, 2.24) is 0 Å². The summed E-state index contributed by atoms with van der Waals surface area (Å²) in [5.41, 5.74) is 0.0207. The lowest BCUT2D eigenvalue weighted by atomic mass is 10.2. The van der Waals surface area contributed by atoms with Crippen molar-refractivity contribution in [2.24, 2.45) is 0 Å². The van der Waals surface area contributed by atoms with E-state index in [1.165, 1.54) is 31.4 Å². The summed E-state index contributed by atoms with van der Waals surface area (Å²) >= 11 is 5.97. The zero-order valence-electron chi connectivity index (χ0n) is 12.5. The first-order valence-electron chi connectivity index (χ1n) is 6.78. The highest BCUT2D eigenvalue weighted by Gasteiger charge is 2.13. The van der Waals surface area contributed by atoms with E-state index in [-0.39, 0.29) is 17.1 Å². The number of amides is 1. The summed E-state index contributed by atoms with van der Waals surface area (Å²) in [5, 5.41) is 5.10. The van der Waals surface area contributed by atoms with Gasteiger partial charge in [-0.3, -0.25) is 4.79 Å². The summed E-state index contributed by atoms with van der Waals surface area (Å²) in [6, 6.07) is 7.59. The molecule has 2 aromatic carbocycles. The lowest BCUT2D eigenvalue weighted by Gasteiger charge is -2.11. The Morgan fingerprint density at radius 2 is 1.83 bits per heavy atom. The van der Waals surface area contributed by atoms with E-state index in [0.29, 0.717) is 5.69 Å². The Kier molecular flexibility index (Phi) is 5.70. The summed E-state index contributed by atoms with van der Waals surface area (Å²) in [4.78, 5) is 23.3. The summed E-state index contributed by atoms with van der Waals surface area (Å²) < 4.78 is 31.5. The van der Waals surface area contributed by atoms with Crippen molar-refractivity contribution in [1.29, 1.82) is 0 Å². The fraction of sp³-hybridized carbons (Fsp3) is 0.125. The molecule has 0 aliphatic carbocycles. The van der Waals surface area contributed by atoms with E-state index in [1.807, 2.05) is 0 Å². The van der Waals surface area contributed by atoms with Gasteiger partial charge in [0, 0.05) is 0 Å². The van der Waals surface area contributed by atoms with Crippen molar-refractivity contribution in [3.8, 4) is 0 Å². The predicted octanol–water partition coefficient (Wildman–Crippen LogP) is 3.46. The summed E-state index contributed by atoms with van der Waals surface area (Å²) in [6.45, 7) is -0.307. The Balaban J connectivity index is 2.05. The van der Waals surface area contributed by atoms with Crippen LogP contribution in [-0.2, 0) is 9.53 Å². The number of carbonyl (C=O) groups excluding carboxylic acids is 2. The Hall–Kier alpha value is -2.67. The third-order valence-corrected chi connectivity index (χ3v) is 3.38. The van der Waals surface area contributed by atoms with Gasteiger partial charge in [0.2, 0.25) is 5.91 Å². The highest BCUT2D eigenvalue weighted by atomic mass is 35.5. The average molecular weight is 355 g/mol. The Bertz CT molecular complexity index is 764. The second-order valence-electron chi connectivity index (χ2n) is 4.68. The molecule has 1 amide bonds. The number of nitrogens with one attached hydrogen (secondary N) is 2. The van der Waals surface area contributed by atoms with Crippen LogP contribution < -0.4 is 10.6 Å². The Morgan fingerprint density at radius 3 is 2.46 bits per heavy atom. The van der Waals surface area contributed by atoms with Gasteiger partial charge in [0.15, 0.2) is 0 Å². The van der Waals surface area contributed by atoms with Crippen molar-refractivity contribution in [3.05, 3.63) is 58.6 Å². The highest BCUT2D eigenvalue weighted by Crippen LogP contribution is 2.23. The van der Waals surface area contributed by atoms with Crippen LogP contribution in [0.3, 0.4) is 0 Å². The Morgan fingerprint density at radius 1 is 1.17 bits per heavy atom. The maximum Gasteiger partial charge on any atom is 0.337 e. The molecule has 0 aromatic heterocycles. The van der Waals surface area contributed by atoms with Crippen molar-refractivity contribution >= 4 is 34.9 Å². The molecule has 0 heterocycles. The van der Waals surface area contributed by atoms with E-state index < -0.39 is 29.2 Å². The molecular weight excluding hydrogens is 342 g/mol. The number of anilines is 2. The lowest BCUT2D eigenvalue weighted by Crippen LogP contribution is -2.23. The molecule has 0 fully saturated rings. The van der Waals surface area contributed by atoms with Crippen LogP contribution in [0.25, 0.3) is 0 Å². The molecule has 0 aliphatic rings. The second kappa shape index (κ2) is 7.74. The van der Waals surface area contributed by atoms with Gasteiger partial charge in [0.1, 0.15) is 17.3 Å². The number of halogens is 3. The molecule has 2 aromatic rings. The normalized spacial score (nSPS) is 10.2. The summed E-state index contributed by atoms with van der Waals surface area (Å²) in [7, 11) is 1.24. The molecule has 0 unspecified atom stereocenters. The summed E-state index contributed by atoms with van der Waals surface area (Å²) in [5.74, 6) is -3.01. The maximum atomic E-state index is 13.5. The highest BCUT2D eigenvalue weighted by molar-refractivity contribution is 6.33. The molecule has 0 saturated heterocycles. The van der Waals surface area contributed by atoms with Crippen LogP contribution in [-0.4, -0.2) is 25.5 Å². The van der Waals surface area contributed by atoms with Crippen molar-refractivity contribution in [2.75, 3.05) is 24.3 Å². The van der Waals surface area contributed by atoms with Crippen LogP contribution in [0.4, 0.5) is 20.2 Å². The van der Waals surface area contributed by atoms with Gasteiger partial charge >= 0.3 is 5.97 Å². The van der Waals surface area contributed by atoms with Crippen LogP contribution in [0.2, 0.25) is 5.02 Å². The van der Waals surface area contributed by atoms with Crippen LogP contribution in [0.15, 0.2) is 36.4 Å². The third-order valence-electron chi connectivity index (χ3n) is 3.05. The van der Waals surface area contributed by atoms with E-state index in [4.69, 9.17) is 11.6 Å². The fourth-order valence-electron chi connectivity index (χ4n) is 1.88. The SMILES string of the molecule is COC(=O)c1ccc(Cl)c(NCC(=O)Nc2c(F)cccc2F)c1. The van der Waals surface area contributed by atoms with E-state index in [2.05, 4.69) is 15.4 Å². The van der Waals surface area contributed by atoms with E-state index in [1.54, 1.807) is 0 Å². The second-order valence-corrected chi connectivity index (χ2v) is 5.09. The Labute approximate surface area is 141 Å². The fourth-order valence-corrected chi connectivity index (χ4v) is 2.07. The van der Waals surface area contributed by atoms with E-state index >= 15 is 0 Å². The zero-order valence-corrected chi connectivity index (χ0v) is 13.3. The smallest absolute Gasteiger partial charge is 0.337 e. The third kappa shape index (κ3) is 4.20. The first kappa shape index (κ1) is 17.7. The minimum absolute atomic E-state index is 0.241. The number of carbonyl (C=O) groups is 2. The number of para-hydroxylation sites is 1. The molecule has 8 heteroatoms. The number of benzene rings is 2.